The Morgan fingerprint density at radius 3 is 2.94 bits per heavy atom. The highest BCUT2D eigenvalue weighted by Gasteiger charge is 2.04. The van der Waals surface area contributed by atoms with E-state index in [1.807, 2.05) is 6.92 Å². The first-order chi connectivity index (χ1) is 8.17. The number of hydrogen-bond acceptors (Lipinski definition) is 5. The van der Waals surface area contributed by atoms with Gasteiger partial charge in [0.05, 0.1) is 4.47 Å². The molecule has 3 N–H and O–H groups in total. The van der Waals surface area contributed by atoms with Crippen LogP contribution >= 0.6 is 15.9 Å². The summed E-state index contributed by atoms with van der Waals surface area (Å²) in [5, 5.41) is 15.1. The van der Waals surface area contributed by atoms with Crippen molar-refractivity contribution in [1.82, 2.24) is 9.97 Å². The molecule has 17 heavy (non-hydrogen) atoms. The molecule has 0 fully saturated rings. The minimum absolute atomic E-state index is 0.251. The van der Waals surface area contributed by atoms with Gasteiger partial charge in [-0.25, -0.2) is 4.98 Å². The molecule has 0 aliphatic rings. The molecule has 1 heterocycles. The van der Waals surface area contributed by atoms with Crippen molar-refractivity contribution in [3.8, 4) is 0 Å². The second kappa shape index (κ2) is 7.45. The Morgan fingerprint density at radius 1 is 1.53 bits per heavy atom. The summed E-state index contributed by atoms with van der Waals surface area (Å²) in [5.74, 6) is 1.75. The van der Waals surface area contributed by atoms with Crippen molar-refractivity contribution >= 4 is 27.7 Å². The molecular formula is C11H19BrN4O. The van der Waals surface area contributed by atoms with Crippen LogP contribution in [0.2, 0.25) is 0 Å². The molecule has 1 rings (SSSR count). The van der Waals surface area contributed by atoms with Crippen LogP contribution in [-0.4, -0.2) is 35.3 Å². The third-order valence-electron chi connectivity index (χ3n) is 2.45. The summed E-state index contributed by atoms with van der Waals surface area (Å²) in [4.78, 5) is 8.38. The van der Waals surface area contributed by atoms with E-state index in [1.165, 1.54) is 0 Å². The zero-order chi connectivity index (χ0) is 12.7. The number of hydrogen-bond donors (Lipinski definition) is 3. The molecule has 0 aliphatic carbocycles. The summed E-state index contributed by atoms with van der Waals surface area (Å²) in [5.41, 5.74) is 0. The van der Waals surface area contributed by atoms with Crippen molar-refractivity contribution in [3.63, 3.8) is 0 Å². The molecule has 1 aromatic rings. The molecule has 0 spiro atoms. The number of aliphatic hydroxyl groups excluding tert-OH is 1. The Bertz CT molecular complexity index is 348. The third kappa shape index (κ3) is 4.87. The molecule has 0 radical (unpaired) electrons. The van der Waals surface area contributed by atoms with Gasteiger partial charge in [-0.1, -0.05) is 6.92 Å². The van der Waals surface area contributed by atoms with Crippen molar-refractivity contribution in [2.24, 2.45) is 5.92 Å². The molecule has 0 amide bonds. The number of aliphatic hydroxyl groups is 1. The molecule has 0 bridgehead atoms. The van der Waals surface area contributed by atoms with E-state index in [1.54, 1.807) is 13.2 Å². The molecule has 0 aromatic carbocycles. The number of rotatable bonds is 7. The highest BCUT2D eigenvalue weighted by molar-refractivity contribution is 9.10. The van der Waals surface area contributed by atoms with Gasteiger partial charge in [0.2, 0.25) is 5.95 Å². The van der Waals surface area contributed by atoms with Gasteiger partial charge in [0.25, 0.3) is 0 Å². The summed E-state index contributed by atoms with van der Waals surface area (Å²) in [6, 6.07) is 0. The lowest BCUT2D eigenvalue weighted by molar-refractivity contribution is 0.229. The van der Waals surface area contributed by atoms with E-state index in [0.717, 1.165) is 29.7 Å². The fraction of sp³-hybridized carbons (Fsp3) is 0.636. The summed E-state index contributed by atoms with van der Waals surface area (Å²) < 4.78 is 0.853. The van der Waals surface area contributed by atoms with Crippen molar-refractivity contribution in [3.05, 3.63) is 10.7 Å². The van der Waals surface area contributed by atoms with Crippen LogP contribution in [0.15, 0.2) is 10.7 Å². The predicted molar refractivity (Wildman–Crippen MR) is 73.3 cm³/mol. The fourth-order valence-electron chi connectivity index (χ4n) is 1.36. The molecule has 0 aliphatic heterocycles. The van der Waals surface area contributed by atoms with E-state index < -0.39 is 0 Å². The lowest BCUT2D eigenvalue weighted by Gasteiger charge is -2.10. The maximum absolute atomic E-state index is 8.91. The molecule has 5 nitrogen and oxygen atoms in total. The molecule has 6 heteroatoms. The van der Waals surface area contributed by atoms with Crippen LogP contribution in [0.25, 0.3) is 0 Å². The maximum Gasteiger partial charge on any atom is 0.224 e. The van der Waals surface area contributed by atoms with Crippen molar-refractivity contribution < 1.29 is 5.11 Å². The van der Waals surface area contributed by atoms with E-state index in [9.17, 15) is 0 Å². The van der Waals surface area contributed by atoms with Crippen molar-refractivity contribution in [2.45, 2.75) is 19.8 Å². The van der Waals surface area contributed by atoms with Crippen LogP contribution in [0, 0.1) is 5.92 Å². The minimum Gasteiger partial charge on any atom is -0.396 e. The molecular weight excluding hydrogens is 284 g/mol. The van der Waals surface area contributed by atoms with Gasteiger partial charge in [-0.15, -0.1) is 0 Å². The SMILES string of the molecule is CNc1ncc(Br)c(NCCCC(C)CO)n1. The van der Waals surface area contributed by atoms with E-state index in [4.69, 9.17) is 5.11 Å². The molecule has 0 saturated heterocycles. The molecule has 0 saturated carbocycles. The molecule has 1 aromatic heterocycles. The smallest absolute Gasteiger partial charge is 0.224 e. The van der Waals surface area contributed by atoms with Crippen LogP contribution in [-0.2, 0) is 0 Å². The first kappa shape index (κ1) is 14.2. The second-order valence-corrected chi connectivity index (χ2v) is 4.85. The number of nitrogens with one attached hydrogen (secondary N) is 2. The Balaban J connectivity index is 2.40. The Kier molecular flexibility index (Phi) is 6.21. The summed E-state index contributed by atoms with van der Waals surface area (Å²) in [6.07, 6.45) is 3.73. The quantitative estimate of drug-likeness (QED) is 0.673. The van der Waals surface area contributed by atoms with Crippen molar-refractivity contribution in [1.29, 1.82) is 0 Å². The zero-order valence-electron chi connectivity index (χ0n) is 10.2. The second-order valence-electron chi connectivity index (χ2n) is 4.00. The van der Waals surface area contributed by atoms with Gasteiger partial charge >= 0.3 is 0 Å². The summed E-state index contributed by atoms with van der Waals surface area (Å²) >= 11 is 3.40. The van der Waals surface area contributed by atoms with Gasteiger partial charge < -0.3 is 15.7 Å². The lowest BCUT2D eigenvalue weighted by atomic mass is 10.1. The Hall–Kier alpha value is -0.880. The highest BCUT2D eigenvalue weighted by atomic mass is 79.9. The van der Waals surface area contributed by atoms with Crippen LogP contribution < -0.4 is 10.6 Å². The standard InChI is InChI=1S/C11H19BrN4O/c1-8(7-17)4-3-5-14-10-9(12)6-15-11(13-2)16-10/h6,8,17H,3-5,7H2,1-2H3,(H2,13,14,15,16). The van der Waals surface area contributed by atoms with Crippen LogP contribution in [0.3, 0.4) is 0 Å². The lowest BCUT2D eigenvalue weighted by Crippen LogP contribution is -2.09. The third-order valence-corrected chi connectivity index (χ3v) is 3.03. The van der Waals surface area contributed by atoms with E-state index in [0.29, 0.717) is 11.9 Å². The Labute approximate surface area is 110 Å². The monoisotopic (exact) mass is 302 g/mol. The van der Waals surface area contributed by atoms with E-state index in [2.05, 4.69) is 36.5 Å². The Morgan fingerprint density at radius 2 is 2.29 bits per heavy atom. The normalized spacial score (nSPS) is 12.2. The van der Waals surface area contributed by atoms with Crippen LogP contribution in [0.4, 0.5) is 11.8 Å². The number of halogens is 1. The van der Waals surface area contributed by atoms with Gasteiger partial charge in [0, 0.05) is 26.4 Å². The highest BCUT2D eigenvalue weighted by Crippen LogP contribution is 2.20. The number of aromatic nitrogens is 2. The predicted octanol–water partition coefficient (Wildman–Crippen LogP) is 2.10. The average molecular weight is 303 g/mol. The zero-order valence-corrected chi connectivity index (χ0v) is 11.8. The van der Waals surface area contributed by atoms with Gasteiger partial charge in [-0.3, -0.25) is 0 Å². The topological polar surface area (TPSA) is 70.1 Å². The van der Waals surface area contributed by atoms with E-state index >= 15 is 0 Å². The van der Waals surface area contributed by atoms with Gasteiger partial charge in [0.1, 0.15) is 5.82 Å². The molecule has 1 unspecified atom stereocenters. The van der Waals surface area contributed by atoms with Gasteiger partial charge in [-0.2, -0.15) is 4.98 Å². The average Bonchev–Trinajstić information content (AvgIpc) is 2.36. The summed E-state index contributed by atoms with van der Waals surface area (Å²) in [7, 11) is 1.79. The minimum atomic E-state index is 0.251. The van der Waals surface area contributed by atoms with Gasteiger partial charge in [-0.05, 0) is 34.7 Å². The van der Waals surface area contributed by atoms with Crippen LogP contribution in [0.5, 0.6) is 0 Å². The summed E-state index contributed by atoms with van der Waals surface area (Å²) in [6.45, 7) is 3.13. The molecule has 96 valence electrons. The maximum atomic E-state index is 8.91. The fourth-order valence-corrected chi connectivity index (χ4v) is 1.69. The number of anilines is 2. The molecule has 1 atom stereocenters. The van der Waals surface area contributed by atoms with Crippen LogP contribution in [0.1, 0.15) is 19.8 Å². The van der Waals surface area contributed by atoms with E-state index in [-0.39, 0.29) is 6.61 Å². The first-order valence-electron chi connectivity index (χ1n) is 5.72. The van der Waals surface area contributed by atoms with Gasteiger partial charge in [0.15, 0.2) is 0 Å². The van der Waals surface area contributed by atoms with Crippen molar-refractivity contribution in [2.75, 3.05) is 30.8 Å². The number of nitrogens with zero attached hydrogens (tertiary/aromatic N) is 2. The largest absolute Gasteiger partial charge is 0.396 e. The first-order valence-corrected chi connectivity index (χ1v) is 6.51.